The van der Waals surface area contributed by atoms with Crippen LogP contribution in [0.3, 0.4) is 0 Å². The molecule has 172 valence electrons. The highest BCUT2D eigenvalue weighted by Crippen LogP contribution is 2.28. The van der Waals surface area contributed by atoms with Crippen LogP contribution in [0.4, 0.5) is 5.69 Å². The fourth-order valence-corrected chi connectivity index (χ4v) is 6.21. The number of carbonyl (C=O) groups is 1. The van der Waals surface area contributed by atoms with Gasteiger partial charge < -0.3 is 0 Å². The van der Waals surface area contributed by atoms with Gasteiger partial charge in [-0.1, -0.05) is 35.9 Å². The Kier molecular flexibility index (Phi) is 6.13. The molecule has 4 rings (SSSR count). The standard InChI is InChI=1S/C24H24N2O5S2/c1-17-3-9-24(10-4-17)33(30,31)26-14-13-20-5-8-22(15-21(20)16-26)25-32(28,29)23-11-6-19(7-12-23)18(2)27/h3-12,15,25H,13-14,16H2,1-2H3. The normalized spacial score (nSPS) is 14.5. The van der Waals surface area contributed by atoms with Crippen LogP contribution in [-0.4, -0.2) is 33.5 Å². The van der Waals surface area contributed by atoms with Gasteiger partial charge in [0.1, 0.15) is 0 Å². The molecule has 1 aliphatic rings. The molecule has 33 heavy (non-hydrogen) atoms. The van der Waals surface area contributed by atoms with Crippen molar-refractivity contribution in [3.63, 3.8) is 0 Å². The molecule has 0 spiro atoms. The van der Waals surface area contributed by atoms with E-state index in [-0.39, 0.29) is 22.1 Å². The fraction of sp³-hybridized carbons (Fsp3) is 0.208. The van der Waals surface area contributed by atoms with E-state index in [1.165, 1.54) is 35.5 Å². The summed E-state index contributed by atoms with van der Waals surface area (Å²) in [5, 5.41) is 0. The summed E-state index contributed by atoms with van der Waals surface area (Å²) >= 11 is 0. The molecule has 9 heteroatoms. The van der Waals surface area contributed by atoms with E-state index in [0.717, 1.165) is 16.7 Å². The first-order chi connectivity index (χ1) is 15.6. The van der Waals surface area contributed by atoms with Gasteiger partial charge in [-0.3, -0.25) is 9.52 Å². The highest BCUT2D eigenvalue weighted by molar-refractivity contribution is 7.92. The summed E-state index contributed by atoms with van der Waals surface area (Å²) in [4.78, 5) is 11.7. The third-order valence-corrected chi connectivity index (χ3v) is 8.92. The lowest BCUT2D eigenvalue weighted by molar-refractivity contribution is 0.101. The number of carbonyl (C=O) groups excluding carboxylic acids is 1. The molecule has 7 nitrogen and oxygen atoms in total. The van der Waals surface area contributed by atoms with Gasteiger partial charge in [-0.05, 0) is 67.8 Å². The van der Waals surface area contributed by atoms with Crippen LogP contribution in [0.25, 0.3) is 0 Å². The van der Waals surface area contributed by atoms with Crippen LogP contribution in [0, 0.1) is 6.92 Å². The summed E-state index contributed by atoms with van der Waals surface area (Å²) in [7, 11) is -7.52. The molecular formula is C24H24N2O5S2. The average Bonchev–Trinajstić information content (AvgIpc) is 2.78. The molecule has 0 atom stereocenters. The lowest BCUT2D eigenvalue weighted by Gasteiger charge is -2.28. The van der Waals surface area contributed by atoms with E-state index in [2.05, 4.69) is 4.72 Å². The number of sulfonamides is 2. The number of aryl methyl sites for hydroxylation is 1. The molecule has 0 amide bonds. The molecule has 0 aromatic heterocycles. The minimum Gasteiger partial charge on any atom is -0.295 e. The predicted molar refractivity (Wildman–Crippen MR) is 126 cm³/mol. The zero-order valence-electron chi connectivity index (χ0n) is 18.3. The highest BCUT2D eigenvalue weighted by Gasteiger charge is 2.28. The summed E-state index contributed by atoms with van der Waals surface area (Å²) < 4.78 is 55.7. The number of hydrogen-bond donors (Lipinski definition) is 1. The van der Waals surface area contributed by atoms with E-state index in [1.807, 2.05) is 13.0 Å². The molecule has 1 aliphatic heterocycles. The Morgan fingerprint density at radius 2 is 1.48 bits per heavy atom. The van der Waals surface area contributed by atoms with Crippen LogP contribution in [0.2, 0.25) is 0 Å². The molecule has 3 aromatic carbocycles. The first-order valence-electron chi connectivity index (χ1n) is 10.4. The molecular weight excluding hydrogens is 460 g/mol. The number of fused-ring (bicyclic) bond motifs is 1. The number of ketones is 1. The van der Waals surface area contributed by atoms with Crippen molar-refractivity contribution < 1.29 is 21.6 Å². The second-order valence-corrected chi connectivity index (χ2v) is 11.7. The Morgan fingerprint density at radius 3 is 2.12 bits per heavy atom. The van der Waals surface area contributed by atoms with Crippen molar-refractivity contribution in [1.29, 1.82) is 0 Å². The van der Waals surface area contributed by atoms with E-state index in [1.54, 1.807) is 36.4 Å². The van der Waals surface area contributed by atoms with Crippen LogP contribution in [0.1, 0.15) is 34.0 Å². The molecule has 0 fully saturated rings. The van der Waals surface area contributed by atoms with E-state index in [9.17, 15) is 21.6 Å². The molecule has 0 radical (unpaired) electrons. The van der Waals surface area contributed by atoms with Gasteiger partial charge in [0.05, 0.1) is 9.79 Å². The summed E-state index contributed by atoms with van der Waals surface area (Å²) in [5.74, 6) is -0.147. The van der Waals surface area contributed by atoms with Crippen LogP contribution >= 0.6 is 0 Å². The van der Waals surface area contributed by atoms with Crippen molar-refractivity contribution in [2.45, 2.75) is 36.6 Å². The number of Topliss-reactive ketones (excluding diaryl/α,β-unsaturated/α-hetero) is 1. The van der Waals surface area contributed by atoms with E-state index < -0.39 is 20.0 Å². The Balaban J connectivity index is 1.56. The first-order valence-corrected chi connectivity index (χ1v) is 13.3. The summed E-state index contributed by atoms with van der Waals surface area (Å²) in [6.45, 7) is 3.83. The maximum atomic E-state index is 13.1. The quantitative estimate of drug-likeness (QED) is 0.537. The number of hydrogen-bond acceptors (Lipinski definition) is 5. The number of rotatable bonds is 6. The van der Waals surface area contributed by atoms with Crippen molar-refractivity contribution in [2.24, 2.45) is 0 Å². The van der Waals surface area contributed by atoms with E-state index >= 15 is 0 Å². The Hall–Kier alpha value is -3.01. The van der Waals surface area contributed by atoms with E-state index in [0.29, 0.717) is 24.2 Å². The van der Waals surface area contributed by atoms with Crippen LogP contribution < -0.4 is 4.72 Å². The topological polar surface area (TPSA) is 101 Å². The number of benzene rings is 3. The minimum atomic E-state index is -3.86. The summed E-state index contributed by atoms with van der Waals surface area (Å²) in [6.07, 6.45) is 0.542. The van der Waals surface area contributed by atoms with Crippen molar-refractivity contribution in [1.82, 2.24) is 4.31 Å². The van der Waals surface area contributed by atoms with Gasteiger partial charge in [-0.2, -0.15) is 4.31 Å². The van der Waals surface area contributed by atoms with Gasteiger partial charge in [-0.25, -0.2) is 16.8 Å². The third-order valence-electron chi connectivity index (χ3n) is 5.67. The second-order valence-electron chi connectivity index (χ2n) is 8.07. The smallest absolute Gasteiger partial charge is 0.261 e. The van der Waals surface area contributed by atoms with E-state index in [4.69, 9.17) is 0 Å². The van der Waals surface area contributed by atoms with Crippen LogP contribution in [-0.2, 0) is 33.0 Å². The van der Waals surface area contributed by atoms with Gasteiger partial charge in [0.2, 0.25) is 10.0 Å². The van der Waals surface area contributed by atoms with Crippen molar-refractivity contribution in [3.05, 3.63) is 89.0 Å². The van der Waals surface area contributed by atoms with Gasteiger partial charge in [0.15, 0.2) is 5.78 Å². The molecule has 1 heterocycles. The lowest BCUT2D eigenvalue weighted by Crippen LogP contribution is -2.36. The molecule has 0 unspecified atom stereocenters. The highest BCUT2D eigenvalue weighted by atomic mass is 32.2. The minimum absolute atomic E-state index is 0.0359. The third kappa shape index (κ3) is 4.85. The SMILES string of the molecule is CC(=O)c1ccc(S(=O)(=O)Nc2ccc3c(c2)CN(S(=O)(=O)c2ccc(C)cc2)CC3)cc1. The summed E-state index contributed by atoms with van der Waals surface area (Å²) in [6, 6.07) is 17.6. The molecule has 0 saturated heterocycles. The van der Waals surface area contributed by atoms with Gasteiger partial charge in [0, 0.05) is 24.3 Å². The first kappa shape index (κ1) is 23.2. The molecule has 0 aliphatic carbocycles. The largest absolute Gasteiger partial charge is 0.295 e. The molecule has 0 bridgehead atoms. The maximum Gasteiger partial charge on any atom is 0.261 e. The van der Waals surface area contributed by atoms with Crippen molar-refractivity contribution >= 4 is 31.5 Å². The maximum absolute atomic E-state index is 13.1. The monoisotopic (exact) mass is 484 g/mol. The number of nitrogens with one attached hydrogen (secondary N) is 1. The number of nitrogens with zero attached hydrogens (tertiary/aromatic N) is 1. The molecule has 3 aromatic rings. The van der Waals surface area contributed by atoms with Crippen molar-refractivity contribution in [3.8, 4) is 0 Å². The Bertz CT molecular complexity index is 1410. The van der Waals surface area contributed by atoms with Gasteiger partial charge >= 0.3 is 0 Å². The lowest BCUT2D eigenvalue weighted by atomic mass is 10.0. The molecule has 0 saturated carbocycles. The molecule has 1 N–H and O–H groups in total. The summed E-state index contributed by atoms with van der Waals surface area (Å²) in [5.41, 5.74) is 3.49. The van der Waals surface area contributed by atoms with Crippen LogP contribution in [0.5, 0.6) is 0 Å². The average molecular weight is 485 g/mol. The van der Waals surface area contributed by atoms with Gasteiger partial charge in [0.25, 0.3) is 10.0 Å². The zero-order chi connectivity index (χ0) is 23.8. The fourth-order valence-electron chi connectivity index (χ4n) is 3.74. The Labute approximate surface area is 194 Å². The predicted octanol–water partition coefficient (Wildman–Crippen LogP) is 3.75. The second kappa shape index (κ2) is 8.74. The zero-order valence-corrected chi connectivity index (χ0v) is 19.9. The van der Waals surface area contributed by atoms with Gasteiger partial charge in [-0.15, -0.1) is 0 Å². The number of anilines is 1. The Morgan fingerprint density at radius 1 is 0.848 bits per heavy atom. The van der Waals surface area contributed by atoms with Crippen molar-refractivity contribution in [2.75, 3.05) is 11.3 Å². The van der Waals surface area contributed by atoms with Crippen LogP contribution in [0.15, 0.2) is 76.5 Å².